The van der Waals surface area contributed by atoms with E-state index in [0.29, 0.717) is 0 Å². The van der Waals surface area contributed by atoms with E-state index in [0.717, 1.165) is 24.0 Å². The quantitative estimate of drug-likeness (QED) is 0.629. The molecular weight excluding hydrogens is 240 g/mol. The van der Waals surface area contributed by atoms with Gasteiger partial charge in [0, 0.05) is 11.5 Å². The number of carbonyl (C=O) groups excluding carboxylic acids is 2. The summed E-state index contributed by atoms with van der Waals surface area (Å²) in [6.45, 7) is 8.05. The Labute approximate surface area is 113 Å². The van der Waals surface area contributed by atoms with Gasteiger partial charge in [0.2, 0.25) is 0 Å². The standard InChI is InChI=1S/C16H20O3/c1-8-5-6-11-10(3)15(18)19-14(11)16(4)9(2)7-12(17)13(8)16/h7,10-11,14H,5-6H2,1-4H3. The molecule has 1 aliphatic heterocycles. The molecule has 0 bridgehead atoms. The number of fused-ring (bicyclic) bond motifs is 3. The van der Waals surface area contributed by atoms with E-state index in [4.69, 9.17) is 4.74 Å². The molecule has 0 aromatic rings. The topological polar surface area (TPSA) is 43.4 Å². The Morgan fingerprint density at radius 2 is 2.00 bits per heavy atom. The smallest absolute Gasteiger partial charge is 0.309 e. The zero-order valence-corrected chi connectivity index (χ0v) is 11.9. The van der Waals surface area contributed by atoms with Crippen LogP contribution in [0.3, 0.4) is 0 Å². The van der Waals surface area contributed by atoms with E-state index in [9.17, 15) is 9.59 Å². The van der Waals surface area contributed by atoms with Crippen LogP contribution < -0.4 is 0 Å². The van der Waals surface area contributed by atoms with Crippen LogP contribution in [0.15, 0.2) is 22.8 Å². The molecule has 3 heteroatoms. The van der Waals surface area contributed by atoms with Crippen molar-refractivity contribution in [3.8, 4) is 0 Å². The molecule has 0 aromatic heterocycles. The predicted octanol–water partition coefficient (Wildman–Crippen LogP) is 2.81. The average molecular weight is 260 g/mol. The van der Waals surface area contributed by atoms with Gasteiger partial charge in [-0.2, -0.15) is 0 Å². The first-order valence-corrected chi connectivity index (χ1v) is 7.01. The lowest BCUT2D eigenvalue weighted by atomic mass is 9.70. The van der Waals surface area contributed by atoms with Gasteiger partial charge in [0.05, 0.1) is 11.3 Å². The summed E-state index contributed by atoms with van der Waals surface area (Å²) in [5.41, 5.74) is 2.66. The van der Waals surface area contributed by atoms with Crippen molar-refractivity contribution in [2.75, 3.05) is 0 Å². The molecule has 19 heavy (non-hydrogen) atoms. The number of carbonyl (C=O) groups is 2. The fraction of sp³-hybridized carbons (Fsp3) is 0.625. The molecule has 0 radical (unpaired) electrons. The third kappa shape index (κ3) is 1.44. The van der Waals surface area contributed by atoms with Crippen molar-refractivity contribution in [1.82, 2.24) is 0 Å². The van der Waals surface area contributed by atoms with Crippen LogP contribution in [0.1, 0.15) is 40.5 Å². The summed E-state index contributed by atoms with van der Waals surface area (Å²) in [6.07, 6.45) is 3.37. The van der Waals surface area contributed by atoms with E-state index in [2.05, 4.69) is 6.92 Å². The number of allylic oxidation sites excluding steroid dienone is 2. The Hall–Kier alpha value is -1.38. The largest absolute Gasteiger partial charge is 0.461 e. The van der Waals surface area contributed by atoms with Gasteiger partial charge in [-0.3, -0.25) is 9.59 Å². The van der Waals surface area contributed by atoms with Crippen molar-refractivity contribution in [3.63, 3.8) is 0 Å². The Balaban J connectivity index is 2.17. The molecule has 1 heterocycles. The molecule has 4 atom stereocenters. The van der Waals surface area contributed by atoms with Gasteiger partial charge in [-0.05, 0) is 39.7 Å². The Kier molecular flexibility index (Phi) is 2.54. The van der Waals surface area contributed by atoms with Gasteiger partial charge in [-0.25, -0.2) is 0 Å². The highest BCUT2D eigenvalue weighted by Crippen LogP contribution is 2.55. The van der Waals surface area contributed by atoms with Crippen LogP contribution in [-0.4, -0.2) is 17.9 Å². The fourth-order valence-electron chi connectivity index (χ4n) is 4.10. The zero-order valence-electron chi connectivity index (χ0n) is 11.9. The van der Waals surface area contributed by atoms with Crippen molar-refractivity contribution in [1.29, 1.82) is 0 Å². The van der Waals surface area contributed by atoms with Gasteiger partial charge in [0.25, 0.3) is 0 Å². The van der Waals surface area contributed by atoms with Gasteiger partial charge < -0.3 is 4.74 Å². The number of esters is 1. The summed E-state index contributed by atoms with van der Waals surface area (Å²) in [6, 6.07) is 0. The van der Waals surface area contributed by atoms with Crippen molar-refractivity contribution < 1.29 is 14.3 Å². The molecule has 102 valence electrons. The minimum Gasteiger partial charge on any atom is -0.461 e. The minimum atomic E-state index is -0.414. The molecular formula is C16H20O3. The molecule has 2 aliphatic carbocycles. The highest BCUT2D eigenvalue weighted by Gasteiger charge is 2.57. The van der Waals surface area contributed by atoms with E-state index in [1.165, 1.54) is 5.57 Å². The van der Waals surface area contributed by atoms with Gasteiger partial charge in [0.1, 0.15) is 6.10 Å². The third-order valence-electron chi connectivity index (χ3n) is 5.43. The molecule has 3 rings (SSSR count). The predicted molar refractivity (Wildman–Crippen MR) is 71.3 cm³/mol. The lowest BCUT2D eigenvalue weighted by molar-refractivity contribution is -0.146. The summed E-state index contributed by atoms with van der Waals surface area (Å²) in [4.78, 5) is 24.2. The highest BCUT2D eigenvalue weighted by molar-refractivity contribution is 6.10. The lowest BCUT2D eigenvalue weighted by Crippen LogP contribution is -2.38. The molecule has 3 nitrogen and oxygen atoms in total. The number of hydrogen-bond donors (Lipinski definition) is 0. The molecule has 0 saturated carbocycles. The van der Waals surface area contributed by atoms with Crippen molar-refractivity contribution in [2.45, 2.75) is 46.6 Å². The molecule has 0 spiro atoms. The molecule has 0 aromatic carbocycles. The summed E-state index contributed by atoms with van der Waals surface area (Å²) >= 11 is 0. The second kappa shape index (κ2) is 3.81. The van der Waals surface area contributed by atoms with Crippen LogP contribution in [0, 0.1) is 17.3 Å². The monoisotopic (exact) mass is 260 g/mol. The first-order valence-electron chi connectivity index (χ1n) is 7.01. The number of rotatable bonds is 0. The lowest BCUT2D eigenvalue weighted by Gasteiger charge is -2.35. The van der Waals surface area contributed by atoms with E-state index >= 15 is 0 Å². The van der Waals surface area contributed by atoms with Crippen LogP contribution in [-0.2, 0) is 14.3 Å². The van der Waals surface area contributed by atoms with E-state index in [-0.39, 0.29) is 29.7 Å². The Morgan fingerprint density at radius 1 is 1.32 bits per heavy atom. The zero-order chi connectivity index (χ0) is 13.9. The van der Waals surface area contributed by atoms with Gasteiger partial charge in [0.15, 0.2) is 5.78 Å². The fourth-order valence-corrected chi connectivity index (χ4v) is 4.10. The second-order valence-corrected chi connectivity index (χ2v) is 6.40. The number of hydrogen-bond acceptors (Lipinski definition) is 3. The summed E-state index contributed by atoms with van der Waals surface area (Å²) < 4.78 is 5.68. The maximum Gasteiger partial charge on any atom is 0.309 e. The van der Waals surface area contributed by atoms with Crippen molar-refractivity contribution in [2.24, 2.45) is 17.3 Å². The van der Waals surface area contributed by atoms with E-state index < -0.39 is 5.41 Å². The molecule has 1 saturated heterocycles. The maximum absolute atomic E-state index is 12.3. The Bertz CT molecular complexity index is 540. The van der Waals surface area contributed by atoms with Gasteiger partial charge in [-0.15, -0.1) is 0 Å². The van der Waals surface area contributed by atoms with Crippen LogP contribution in [0.2, 0.25) is 0 Å². The summed E-state index contributed by atoms with van der Waals surface area (Å²) in [7, 11) is 0. The molecule has 0 amide bonds. The van der Waals surface area contributed by atoms with Crippen molar-refractivity contribution >= 4 is 11.8 Å². The first-order chi connectivity index (χ1) is 8.87. The van der Waals surface area contributed by atoms with Crippen LogP contribution >= 0.6 is 0 Å². The van der Waals surface area contributed by atoms with E-state index in [1.807, 2.05) is 20.8 Å². The Morgan fingerprint density at radius 3 is 2.68 bits per heavy atom. The van der Waals surface area contributed by atoms with Crippen LogP contribution in [0.25, 0.3) is 0 Å². The summed E-state index contributed by atoms with van der Waals surface area (Å²) in [5, 5.41) is 0. The van der Waals surface area contributed by atoms with Crippen molar-refractivity contribution in [3.05, 3.63) is 22.8 Å². The molecule has 1 fully saturated rings. The minimum absolute atomic E-state index is 0.0579. The SMILES string of the molecule is CC1=CC(=O)C2=C(C)CCC3C(C)C(=O)OC3C12C. The molecule has 4 unspecified atom stereocenters. The second-order valence-electron chi connectivity index (χ2n) is 6.40. The van der Waals surface area contributed by atoms with Gasteiger partial charge >= 0.3 is 5.97 Å². The first kappa shape index (κ1) is 12.6. The average Bonchev–Trinajstić information content (AvgIpc) is 2.70. The van der Waals surface area contributed by atoms with Crippen LogP contribution in [0.4, 0.5) is 0 Å². The normalized spacial score (nSPS) is 41.7. The van der Waals surface area contributed by atoms with Gasteiger partial charge in [-0.1, -0.05) is 18.1 Å². The number of ketones is 1. The maximum atomic E-state index is 12.3. The highest BCUT2D eigenvalue weighted by atomic mass is 16.6. The molecule has 0 N–H and O–H groups in total. The molecule has 3 aliphatic rings. The summed E-state index contributed by atoms with van der Waals surface area (Å²) in [5.74, 6) is 0.160. The number of ether oxygens (including phenoxy) is 1. The van der Waals surface area contributed by atoms with Crippen LogP contribution in [0.5, 0.6) is 0 Å². The van der Waals surface area contributed by atoms with E-state index in [1.54, 1.807) is 6.08 Å². The third-order valence-corrected chi connectivity index (χ3v) is 5.43.